The zero-order valence-electron chi connectivity index (χ0n) is 17.1. The molecule has 1 aromatic rings. The Balaban J connectivity index is 1.68. The molecule has 6 heteroatoms. The summed E-state index contributed by atoms with van der Waals surface area (Å²) in [4.78, 5) is 8.75. The van der Waals surface area contributed by atoms with E-state index in [4.69, 9.17) is 5.84 Å². The molecule has 0 saturated heterocycles. The largest absolute Gasteiger partial charge is 0.383 e. The summed E-state index contributed by atoms with van der Waals surface area (Å²) < 4.78 is 0. The molecule has 28 heavy (non-hydrogen) atoms. The summed E-state index contributed by atoms with van der Waals surface area (Å²) >= 11 is 0. The summed E-state index contributed by atoms with van der Waals surface area (Å²) in [5, 5.41) is 6.71. The predicted molar refractivity (Wildman–Crippen MR) is 116 cm³/mol. The van der Waals surface area contributed by atoms with E-state index in [1.54, 1.807) is 12.5 Å². The van der Waals surface area contributed by atoms with Gasteiger partial charge in [0, 0.05) is 6.54 Å². The van der Waals surface area contributed by atoms with Crippen LogP contribution < -0.4 is 21.9 Å². The minimum Gasteiger partial charge on any atom is -0.383 e. The van der Waals surface area contributed by atoms with E-state index in [1.807, 2.05) is 0 Å². The van der Waals surface area contributed by atoms with E-state index in [1.165, 1.54) is 44.1 Å². The summed E-state index contributed by atoms with van der Waals surface area (Å²) in [6.45, 7) is 16.0. The topological polar surface area (TPSA) is 87.9 Å². The number of hydrogen-bond donors (Lipinski definition) is 4. The van der Waals surface area contributed by atoms with Crippen LogP contribution in [0.25, 0.3) is 5.70 Å². The summed E-state index contributed by atoms with van der Waals surface area (Å²) in [7, 11) is 0. The quantitative estimate of drug-likeness (QED) is 0.279. The van der Waals surface area contributed by atoms with Gasteiger partial charge in [-0.15, -0.1) is 0 Å². The number of hydrazine groups is 1. The van der Waals surface area contributed by atoms with E-state index in [0.717, 1.165) is 35.7 Å². The lowest BCUT2D eigenvalue weighted by atomic mass is 9.51. The molecule has 2 bridgehead atoms. The Morgan fingerprint density at radius 1 is 1.18 bits per heavy atom. The molecule has 0 aromatic carbocycles. The summed E-state index contributed by atoms with van der Waals surface area (Å²) in [6, 6.07) is 0. The van der Waals surface area contributed by atoms with Crippen LogP contribution in [-0.2, 0) is 6.54 Å². The highest BCUT2D eigenvalue weighted by Gasteiger charge is 2.49. The zero-order chi connectivity index (χ0) is 20.2. The molecular formula is C22H34N6. The third kappa shape index (κ3) is 3.84. The van der Waals surface area contributed by atoms with Gasteiger partial charge in [-0.05, 0) is 62.0 Å². The minimum atomic E-state index is 0.361. The van der Waals surface area contributed by atoms with E-state index < -0.39 is 0 Å². The van der Waals surface area contributed by atoms with Crippen molar-refractivity contribution in [3.8, 4) is 0 Å². The number of hydrogen-bond acceptors (Lipinski definition) is 6. The highest BCUT2D eigenvalue weighted by atomic mass is 15.2. The van der Waals surface area contributed by atoms with Crippen LogP contribution >= 0.6 is 0 Å². The third-order valence-electron chi connectivity index (χ3n) is 6.98. The van der Waals surface area contributed by atoms with Crippen molar-refractivity contribution in [2.75, 3.05) is 11.9 Å². The average Bonchev–Trinajstić information content (AvgIpc) is 2.74. The molecule has 4 rings (SSSR count). The molecule has 152 valence electrons. The van der Waals surface area contributed by atoms with Crippen LogP contribution in [0.5, 0.6) is 0 Å². The van der Waals surface area contributed by atoms with Gasteiger partial charge in [-0.1, -0.05) is 32.2 Å². The fourth-order valence-corrected chi connectivity index (χ4v) is 4.95. The molecule has 0 spiro atoms. The number of nitrogens with one attached hydrogen (secondary N) is 3. The number of fused-ring (bicyclic) bond motifs is 3. The van der Waals surface area contributed by atoms with E-state index in [0.29, 0.717) is 17.4 Å². The number of anilines is 1. The van der Waals surface area contributed by atoms with Crippen LogP contribution in [0.4, 0.5) is 5.69 Å². The first kappa shape index (κ1) is 20.6. The molecule has 3 fully saturated rings. The highest BCUT2D eigenvalue weighted by Crippen LogP contribution is 2.59. The van der Waals surface area contributed by atoms with Gasteiger partial charge in [0.25, 0.3) is 0 Å². The zero-order valence-corrected chi connectivity index (χ0v) is 17.1. The molecule has 1 heterocycles. The SMILES string of the molecule is C=CNc1c(CNN)ncnc1C(=C)NCC12CCC(C(=C)CC)(CC1)CC2. The first-order chi connectivity index (χ1) is 13.5. The standard InChI is InChI=1S/C22H34N6/c1-5-16(3)22-10-7-21(8-11-22,9-12-22)14-25-17(4)19-20(24-6-2)18(13-28-23)26-15-27-19/h6,15,24-25,28H,2-5,7-14,23H2,1H3. The number of nitrogens with two attached hydrogens (primary N) is 1. The minimum absolute atomic E-state index is 0.361. The number of aromatic nitrogens is 2. The molecule has 3 aliphatic rings. The normalized spacial score (nSPS) is 25.9. The van der Waals surface area contributed by atoms with Gasteiger partial charge < -0.3 is 10.6 Å². The smallest absolute Gasteiger partial charge is 0.116 e. The van der Waals surface area contributed by atoms with Gasteiger partial charge in [-0.2, -0.15) is 0 Å². The molecule has 0 amide bonds. The van der Waals surface area contributed by atoms with Crippen molar-refractivity contribution in [3.05, 3.63) is 49.2 Å². The van der Waals surface area contributed by atoms with Crippen LogP contribution in [0.2, 0.25) is 0 Å². The second kappa shape index (κ2) is 8.45. The third-order valence-corrected chi connectivity index (χ3v) is 6.98. The Kier molecular flexibility index (Phi) is 6.20. The van der Waals surface area contributed by atoms with Gasteiger partial charge in [-0.3, -0.25) is 11.3 Å². The summed E-state index contributed by atoms with van der Waals surface area (Å²) in [5.41, 5.74) is 8.01. The van der Waals surface area contributed by atoms with Crippen molar-refractivity contribution in [1.82, 2.24) is 20.7 Å². The maximum atomic E-state index is 5.48. The van der Waals surface area contributed by atoms with Gasteiger partial charge in [0.15, 0.2) is 0 Å². The molecule has 6 nitrogen and oxygen atoms in total. The molecule has 0 atom stereocenters. The molecule has 1 aromatic heterocycles. The van der Waals surface area contributed by atoms with Crippen LogP contribution in [0.1, 0.15) is 63.3 Å². The second-order valence-electron chi connectivity index (χ2n) is 8.34. The Morgan fingerprint density at radius 2 is 1.86 bits per heavy atom. The molecule has 0 aliphatic heterocycles. The number of rotatable bonds is 10. The molecule has 5 N–H and O–H groups in total. The molecule has 3 aliphatic carbocycles. The number of nitrogens with zero attached hydrogens (tertiary/aromatic N) is 2. The van der Waals surface area contributed by atoms with Crippen LogP contribution in [-0.4, -0.2) is 16.5 Å². The van der Waals surface area contributed by atoms with Crippen LogP contribution in [0, 0.1) is 10.8 Å². The van der Waals surface area contributed by atoms with Crippen LogP contribution in [0.15, 0.2) is 37.8 Å². The number of allylic oxidation sites excluding steroid dienone is 1. The summed E-state index contributed by atoms with van der Waals surface area (Å²) in [5.74, 6) is 5.48. The molecular weight excluding hydrogens is 348 g/mol. The lowest BCUT2D eigenvalue weighted by Crippen LogP contribution is -2.46. The Bertz CT molecular complexity index is 729. The van der Waals surface area contributed by atoms with Gasteiger partial charge in [0.05, 0.1) is 23.6 Å². The van der Waals surface area contributed by atoms with Gasteiger partial charge >= 0.3 is 0 Å². The van der Waals surface area contributed by atoms with E-state index in [-0.39, 0.29) is 0 Å². The van der Waals surface area contributed by atoms with E-state index >= 15 is 0 Å². The lowest BCUT2D eigenvalue weighted by Gasteiger charge is -2.54. The monoisotopic (exact) mass is 382 g/mol. The van der Waals surface area contributed by atoms with Crippen molar-refractivity contribution in [1.29, 1.82) is 0 Å². The Morgan fingerprint density at radius 3 is 2.43 bits per heavy atom. The fraction of sp³-hybridized carbons (Fsp3) is 0.545. The van der Waals surface area contributed by atoms with Gasteiger partial charge in [-0.25, -0.2) is 9.97 Å². The second-order valence-corrected chi connectivity index (χ2v) is 8.34. The highest BCUT2D eigenvalue weighted by molar-refractivity contribution is 5.73. The fourth-order valence-electron chi connectivity index (χ4n) is 4.95. The van der Waals surface area contributed by atoms with E-state index in [9.17, 15) is 0 Å². The maximum Gasteiger partial charge on any atom is 0.116 e. The van der Waals surface area contributed by atoms with E-state index in [2.05, 4.69) is 52.7 Å². The van der Waals surface area contributed by atoms with Crippen molar-refractivity contribution in [3.63, 3.8) is 0 Å². The van der Waals surface area contributed by atoms with Crippen molar-refractivity contribution in [2.24, 2.45) is 16.7 Å². The molecule has 3 saturated carbocycles. The Labute approximate surface area is 168 Å². The van der Waals surface area contributed by atoms with Gasteiger partial charge in [0.1, 0.15) is 12.0 Å². The first-order valence-electron chi connectivity index (χ1n) is 10.3. The molecule has 0 unspecified atom stereocenters. The average molecular weight is 383 g/mol. The molecule has 0 radical (unpaired) electrons. The van der Waals surface area contributed by atoms with Crippen molar-refractivity contribution >= 4 is 11.4 Å². The summed E-state index contributed by atoms with van der Waals surface area (Å²) in [6.07, 6.45) is 11.9. The van der Waals surface area contributed by atoms with Crippen molar-refractivity contribution < 1.29 is 0 Å². The predicted octanol–water partition coefficient (Wildman–Crippen LogP) is 3.86. The first-order valence-corrected chi connectivity index (χ1v) is 10.3. The van der Waals surface area contributed by atoms with Crippen molar-refractivity contribution in [2.45, 2.75) is 58.4 Å². The van der Waals surface area contributed by atoms with Gasteiger partial charge in [0.2, 0.25) is 0 Å². The maximum absolute atomic E-state index is 5.48. The lowest BCUT2D eigenvalue weighted by molar-refractivity contribution is 0.0163. The Hall–Kier alpha value is -2.18. The van der Waals surface area contributed by atoms with Crippen LogP contribution in [0.3, 0.4) is 0 Å².